The molecule has 3 aliphatic rings. The van der Waals surface area contributed by atoms with Crippen molar-refractivity contribution in [2.75, 3.05) is 21.2 Å². The third-order valence-corrected chi connectivity index (χ3v) is 13.2. The third kappa shape index (κ3) is 11.4. The Hall–Kier alpha value is -2.35. The first-order valence-corrected chi connectivity index (χ1v) is 21.6. The molecule has 342 valence electrons. The number of aliphatic hydroxyl groups excluding tert-OH is 2. The minimum absolute atomic E-state index is 0.0758. The van der Waals surface area contributed by atoms with Gasteiger partial charge < -0.3 is 63.2 Å². The minimum atomic E-state index is -2.02. The van der Waals surface area contributed by atoms with E-state index in [0.717, 1.165) is 0 Å². The van der Waals surface area contributed by atoms with E-state index >= 15 is 0 Å². The predicted molar refractivity (Wildman–Crippen MR) is 225 cm³/mol. The number of Topliss-reactive ketones (excluding diaryl/α,β-unsaturated/α-hetero) is 1. The van der Waals surface area contributed by atoms with Crippen LogP contribution >= 0.6 is 12.2 Å². The lowest BCUT2D eigenvalue weighted by molar-refractivity contribution is -0.317. The van der Waals surface area contributed by atoms with Crippen LogP contribution in [0.4, 0.5) is 0 Å². The van der Waals surface area contributed by atoms with Gasteiger partial charge in [0, 0.05) is 43.5 Å². The molecule has 0 radical (unpaired) electrons. The highest BCUT2D eigenvalue weighted by molar-refractivity contribution is 7.79. The lowest BCUT2D eigenvalue weighted by Gasteiger charge is -2.49. The third-order valence-electron chi connectivity index (χ3n) is 13.0. The standard InChI is InChI=1S/C44H71NO14S/c1-14-31-44(10,51)36(47)25(4)33(46)23(2)21-42(8,50)38(26(5)34(27(6)39(49)56-31)57-32-22-43(9,52-13)37(48)28(7)54-32)59-40-35(30(45(11)12)20-24(3)53-40)58-41(60)55-29-18-16-15-17-19-29/h15-19,23-28,30-32,34-38,40,47-48,50-51H,14,20-22H2,1-13H3/t23-,24-,25+,26+,27-,28+,30+,31-,32+,34+,35-,36-,37+,38-,40+,42-,43-,44-/m1/s1. The smallest absolute Gasteiger partial charge is 0.358 e. The molecule has 0 amide bonds. The number of esters is 1. The first-order valence-electron chi connectivity index (χ1n) is 21.2. The highest BCUT2D eigenvalue weighted by Crippen LogP contribution is 2.41. The fourth-order valence-corrected chi connectivity index (χ4v) is 9.45. The number of carbonyl (C=O) groups excluding carboxylic acids is 2. The molecule has 0 unspecified atom stereocenters. The molecule has 3 aliphatic heterocycles. The average molecular weight is 870 g/mol. The number of nitrogens with zero attached hydrogens (tertiary/aromatic N) is 1. The van der Waals surface area contributed by atoms with E-state index in [1.807, 2.05) is 32.0 Å². The number of cyclic esters (lactones) is 1. The summed E-state index contributed by atoms with van der Waals surface area (Å²) in [7, 11) is 5.28. The van der Waals surface area contributed by atoms with Gasteiger partial charge >= 0.3 is 11.2 Å². The monoisotopic (exact) mass is 869 g/mol. The van der Waals surface area contributed by atoms with Gasteiger partial charge in [0.1, 0.15) is 29.3 Å². The number of hydrogen-bond donors (Lipinski definition) is 4. The minimum Gasteiger partial charge on any atom is -0.459 e. The quantitative estimate of drug-likeness (QED) is 0.204. The maximum Gasteiger partial charge on any atom is 0.358 e. The molecule has 18 atom stereocenters. The van der Waals surface area contributed by atoms with E-state index < -0.39 is 108 Å². The molecule has 0 aromatic heterocycles. The Balaban J connectivity index is 1.85. The molecule has 0 aliphatic carbocycles. The number of likely N-dealkylation sites (N-methyl/N-ethyl adjacent to an activating group) is 1. The number of methoxy groups -OCH3 is 1. The maximum atomic E-state index is 14.3. The van der Waals surface area contributed by atoms with Gasteiger partial charge in [-0.2, -0.15) is 0 Å². The van der Waals surface area contributed by atoms with Crippen molar-refractivity contribution in [1.82, 2.24) is 4.90 Å². The lowest BCUT2D eigenvalue weighted by atomic mass is 9.74. The number of thiocarbonyl (C=S) groups is 1. The molecule has 0 bridgehead atoms. The fraction of sp³-hybridized carbons (Fsp3) is 0.795. The van der Waals surface area contributed by atoms with Gasteiger partial charge in [-0.1, -0.05) is 45.9 Å². The van der Waals surface area contributed by atoms with Crippen LogP contribution in [0.15, 0.2) is 30.3 Å². The Labute approximate surface area is 361 Å². The molecule has 0 saturated carbocycles. The molecule has 4 rings (SSSR count). The molecular formula is C44H71NO14S. The van der Waals surface area contributed by atoms with Crippen molar-refractivity contribution in [2.24, 2.45) is 23.7 Å². The van der Waals surface area contributed by atoms with Crippen molar-refractivity contribution in [3.63, 3.8) is 0 Å². The summed E-state index contributed by atoms with van der Waals surface area (Å²) in [5.41, 5.74) is -4.94. The highest BCUT2D eigenvalue weighted by atomic mass is 32.1. The number of para-hydroxylation sites is 1. The van der Waals surface area contributed by atoms with Crippen molar-refractivity contribution >= 4 is 29.2 Å². The largest absolute Gasteiger partial charge is 0.459 e. The molecule has 4 N–H and O–H groups in total. The van der Waals surface area contributed by atoms with Crippen LogP contribution in [0.1, 0.15) is 94.9 Å². The zero-order valence-electron chi connectivity index (χ0n) is 37.6. The summed E-state index contributed by atoms with van der Waals surface area (Å²) < 4.78 is 50.4. The summed E-state index contributed by atoms with van der Waals surface area (Å²) in [5.74, 6) is -4.66. The van der Waals surface area contributed by atoms with Gasteiger partial charge in [0.15, 0.2) is 18.7 Å². The van der Waals surface area contributed by atoms with E-state index in [9.17, 15) is 30.0 Å². The van der Waals surface area contributed by atoms with Crippen LogP contribution in [0.2, 0.25) is 0 Å². The number of ether oxygens (including phenoxy) is 8. The Bertz CT molecular complexity index is 1580. The summed E-state index contributed by atoms with van der Waals surface area (Å²) in [6.45, 7) is 16.4. The van der Waals surface area contributed by atoms with Crippen LogP contribution in [0, 0.1) is 23.7 Å². The fourth-order valence-electron chi connectivity index (χ4n) is 9.24. The van der Waals surface area contributed by atoms with E-state index in [1.54, 1.807) is 72.7 Å². The van der Waals surface area contributed by atoms with E-state index in [4.69, 9.17) is 50.1 Å². The Morgan fingerprint density at radius 2 is 1.53 bits per heavy atom. The Kier molecular flexibility index (Phi) is 17.1. The number of hydrogen-bond acceptors (Lipinski definition) is 16. The number of benzene rings is 1. The second-order valence-electron chi connectivity index (χ2n) is 18.2. The van der Waals surface area contributed by atoms with Crippen molar-refractivity contribution in [1.29, 1.82) is 0 Å². The molecule has 16 heteroatoms. The Morgan fingerprint density at radius 3 is 2.12 bits per heavy atom. The molecule has 1 aromatic rings. The first-order chi connectivity index (χ1) is 27.9. The lowest BCUT2D eigenvalue weighted by Crippen LogP contribution is -2.61. The van der Waals surface area contributed by atoms with Gasteiger partial charge in [0.2, 0.25) is 0 Å². The van der Waals surface area contributed by atoms with Gasteiger partial charge in [0.25, 0.3) is 0 Å². The van der Waals surface area contributed by atoms with Crippen molar-refractivity contribution < 1.29 is 67.9 Å². The van der Waals surface area contributed by atoms with Gasteiger partial charge in [-0.05, 0) is 87.0 Å². The molecule has 0 spiro atoms. The summed E-state index contributed by atoms with van der Waals surface area (Å²) in [5, 5.41) is 46.8. The SMILES string of the molecule is CC[C@H]1OC(=O)[C@H](C)[C@@H](O[C@H]2C[C@@](C)(OC)[C@@H](O)[C@H](C)O2)[C@H](C)[C@@H](O[C@@H]2O[C@H](C)C[C@H](N(C)C)[C@H]2OC(=S)Oc2ccccc2)[C@](C)(O)C[C@@H](C)C(=O)[C@H](C)[C@@H](O)[C@]1(C)O. The van der Waals surface area contributed by atoms with Crippen LogP contribution in [0.25, 0.3) is 0 Å². The predicted octanol–water partition coefficient (Wildman–Crippen LogP) is 4.17. The zero-order chi connectivity index (χ0) is 45.1. The number of ketones is 1. The first kappa shape index (κ1) is 50.3. The van der Waals surface area contributed by atoms with Gasteiger partial charge in [-0.15, -0.1) is 0 Å². The van der Waals surface area contributed by atoms with Crippen LogP contribution in [0.5, 0.6) is 5.75 Å². The molecule has 3 fully saturated rings. The van der Waals surface area contributed by atoms with E-state index in [-0.39, 0.29) is 36.6 Å². The van der Waals surface area contributed by atoms with Gasteiger partial charge in [-0.25, -0.2) is 0 Å². The van der Waals surface area contributed by atoms with Crippen LogP contribution < -0.4 is 4.74 Å². The summed E-state index contributed by atoms with van der Waals surface area (Å²) >= 11 is 5.59. The van der Waals surface area contributed by atoms with Crippen molar-refractivity contribution in [3.05, 3.63) is 30.3 Å². The number of carbonyl (C=O) groups is 2. The number of rotatable bonds is 9. The summed E-state index contributed by atoms with van der Waals surface area (Å²) in [4.78, 5) is 30.4. The zero-order valence-corrected chi connectivity index (χ0v) is 38.4. The molecule has 15 nitrogen and oxygen atoms in total. The molecular weight excluding hydrogens is 799 g/mol. The van der Waals surface area contributed by atoms with E-state index in [1.165, 1.54) is 21.0 Å². The number of aliphatic hydroxyl groups is 4. The molecule has 3 heterocycles. The van der Waals surface area contributed by atoms with Gasteiger partial charge in [-0.3, -0.25) is 9.59 Å². The van der Waals surface area contributed by atoms with Crippen LogP contribution in [0.3, 0.4) is 0 Å². The van der Waals surface area contributed by atoms with E-state index in [2.05, 4.69) is 0 Å². The van der Waals surface area contributed by atoms with Crippen molar-refractivity contribution in [3.8, 4) is 5.75 Å². The second kappa shape index (κ2) is 20.4. The topological polar surface area (TPSA) is 192 Å². The van der Waals surface area contributed by atoms with Crippen LogP contribution in [-0.2, 0) is 42.7 Å². The summed E-state index contributed by atoms with van der Waals surface area (Å²) in [6, 6.07) is 8.63. The average Bonchev–Trinajstić information content (AvgIpc) is 3.18. The molecule has 60 heavy (non-hydrogen) atoms. The highest BCUT2D eigenvalue weighted by Gasteiger charge is 2.54. The van der Waals surface area contributed by atoms with Crippen LogP contribution in [-0.4, -0.2) is 148 Å². The summed E-state index contributed by atoms with van der Waals surface area (Å²) in [6.07, 6.45) is -9.78. The maximum absolute atomic E-state index is 14.3. The normalized spacial score (nSPS) is 43.8. The second-order valence-corrected chi connectivity index (χ2v) is 18.6. The molecule has 3 saturated heterocycles. The van der Waals surface area contributed by atoms with E-state index in [0.29, 0.717) is 12.2 Å². The Morgan fingerprint density at radius 1 is 0.900 bits per heavy atom. The van der Waals surface area contributed by atoms with Gasteiger partial charge in [0.05, 0.1) is 53.7 Å². The molecule has 1 aromatic carbocycles. The van der Waals surface area contributed by atoms with Crippen molar-refractivity contribution in [2.45, 2.75) is 179 Å².